The standard InChI is InChI=1S/C14H20ClFN2O/c1-3-4-10(2)18-14(19)9-17-8-11-5-6-13(16)12(15)7-11/h5-7,10,17H,3-4,8-9H2,1-2H3,(H,18,19). The van der Waals surface area contributed by atoms with Crippen LogP contribution in [0.2, 0.25) is 5.02 Å². The molecule has 1 unspecified atom stereocenters. The Morgan fingerprint density at radius 3 is 2.84 bits per heavy atom. The molecule has 1 rings (SSSR count). The molecule has 1 aromatic carbocycles. The minimum atomic E-state index is -0.434. The molecule has 3 nitrogen and oxygen atoms in total. The Morgan fingerprint density at radius 1 is 1.47 bits per heavy atom. The van der Waals surface area contributed by atoms with Gasteiger partial charge < -0.3 is 10.6 Å². The second-order valence-electron chi connectivity index (χ2n) is 4.61. The van der Waals surface area contributed by atoms with Gasteiger partial charge in [-0.1, -0.05) is 31.0 Å². The van der Waals surface area contributed by atoms with E-state index in [4.69, 9.17) is 11.6 Å². The molecule has 0 aliphatic carbocycles. The first kappa shape index (κ1) is 15.9. The molecule has 0 spiro atoms. The molecule has 0 aliphatic heterocycles. The van der Waals surface area contributed by atoms with E-state index in [1.54, 1.807) is 12.1 Å². The Kier molecular flexibility index (Phi) is 6.81. The summed E-state index contributed by atoms with van der Waals surface area (Å²) in [6.45, 7) is 4.79. The zero-order chi connectivity index (χ0) is 14.3. The molecule has 1 atom stereocenters. The zero-order valence-corrected chi connectivity index (χ0v) is 12.1. The van der Waals surface area contributed by atoms with Gasteiger partial charge in [-0.05, 0) is 31.0 Å². The molecule has 0 aliphatic rings. The third-order valence-corrected chi connectivity index (χ3v) is 3.02. The van der Waals surface area contributed by atoms with Gasteiger partial charge in [-0.25, -0.2) is 4.39 Å². The van der Waals surface area contributed by atoms with Gasteiger partial charge in [-0.3, -0.25) is 4.79 Å². The van der Waals surface area contributed by atoms with Crippen LogP contribution < -0.4 is 10.6 Å². The Bertz CT molecular complexity index is 426. The van der Waals surface area contributed by atoms with E-state index in [9.17, 15) is 9.18 Å². The van der Waals surface area contributed by atoms with Crippen molar-refractivity contribution in [3.8, 4) is 0 Å². The minimum absolute atomic E-state index is 0.0332. The number of halogens is 2. The van der Waals surface area contributed by atoms with E-state index >= 15 is 0 Å². The van der Waals surface area contributed by atoms with Crippen LogP contribution in [0.5, 0.6) is 0 Å². The largest absolute Gasteiger partial charge is 0.353 e. The van der Waals surface area contributed by atoms with Gasteiger partial charge in [0, 0.05) is 12.6 Å². The molecule has 0 saturated heterocycles. The van der Waals surface area contributed by atoms with Crippen LogP contribution >= 0.6 is 11.6 Å². The number of nitrogens with one attached hydrogen (secondary N) is 2. The number of benzene rings is 1. The Morgan fingerprint density at radius 2 is 2.21 bits per heavy atom. The molecular weight excluding hydrogens is 267 g/mol. The topological polar surface area (TPSA) is 41.1 Å². The highest BCUT2D eigenvalue weighted by Crippen LogP contribution is 2.15. The molecule has 1 aromatic rings. The first-order chi connectivity index (χ1) is 9.02. The third-order valence-electron chi connectivity index (χ3n) is 2.73. The fourth-order valence-electron chi connectivity index (χ4n) is 1.80. The summed E-state index contributed by atoms with van der Waals surface area (Å²) in [4.78, 5) is 11.6. The Hall–Kier alpha value is -1.13. The summed E-state index contributed by atoms with van der Waals surface area (Å²) in [7, 11) is 0. The number of hydrogen-bond donors (Lipinski definition) is 2. The molecule has 0 fully saturated rings. The lowest BCUT2D eigenvalue weighted by molar-refractivity contribution is -0.120. The number of hydrogen-bond acceptors (Lipinski definition) is 2. The highest BCUT2D eigenvalue weighted by molar-refractivity contribution is 6.30. The maximum Gasteiger partial charge on any atom is 0.234 e. The number of rotatable bonds is 7. The van der Waals surface area contributed by atoms with Gasteiger partial charge in [0.1, 0.15) is 5.82 Å². The van der Waals surface area contributed by atoms with Crippen molar-refractivity contribution in [3.05, 3.63) is 34.6 Å². The average molecular weight is 287 g/mol. The molecule has 1 amide bonds. The monoisotopic (exact) mass is 286 g/mol. The van der Waals surface area contributed by atoms with Crippen LogP contribution in [0.1, 0.15) is 32.3 Å². The molecule has 0 heterocycles. The summed E-state index contributed by atoms with van der Waals surface area (Å²) in [6.07, 6.45) is 2.02. The van der Waals surface area contributed by atoms with Gasteiger partial charge >= 0.3 is 0 Å². The van der Waals surface area contributed by atoms with Crippen LogP contribution in [0.4, 0.5) is 4.39 Å². The summed E-state index contributed by atoms with van der Waals surface area (Å²) in [5, 5.41) is 6.00. The molecule has 0 bridgehead atoms. The summed E-state index contributed by atoms with van der Waals surface area (Å²) in [5.41, 5.74) is 0.848. The van der Waals surface area contributed by atoms with E-state index in [1.807, 2.05) is 6.92 Å². The van der Waals surface area contributed by atoms with Crippen molar-refractivity contribution < 1.29 is 9.18 Å². The van der Waals surface area contributed by atoms with Crippen LogP contribution in [-0.4, -0.2) is 18.5 Å². The molecular formula is C14H20ClFN2O. The maximum absolute atomic E-state index is 12.9. The van der Waals surface area contributed by atoms with Gasteiger partial charge in [0.2, 0.25) is 5.91 Å². The predicted molar refractivity (Wildman–Crippen MR) is 75.6 cm³/mol. The van der Waals surface area contributed by atoms with Crippen molar-refractivity contribution in [2.75, 3.05) is 6.54 Å². The Balaban J connectivity index is 2.29. The van der Waals surface area contributed by atoms with E-state index < -0.39 is 5.82 Å². The zero-order valence-electron chi connectivity index (χ0n) is 11.3. The second kappa shape index (κ2) is 8.12. The molecule has 19 heavy (non-hydrogen) atoms. The van der Waals surface area contributed by atoms with Crippen molar-refractivity contribution in [2.45, 2.75) is 39.3 Å². The maximum atomic E-state index is 12.9. The molecule has 5 heteroatoms. The average Bonchev–Trinajstić information content (AvgIpc) is 2.34. The molecule has 0 aromatic heterocycles. The summed E-state index contributed by atoms with van der Waals surface area (Å²) in [5.74, 6) is -0.467. The van der Waals surface area contributed by atoms with Gasteiger partial charge in [-0.15, -0.1) is 0 Å². The van der Waals surface area contributed by atoms with Crippen molar-refractivity contribution in [2.24, 2.45) is 0 Å². The van der Waals surface area contributed by atoms with E-state index in [1.165, 1.54) is 6.07 Å². The first-order valence-electron chi connectivity index (χ1n) is 6.47. The fourth-order valence-corrected chi connectivity index (χ4v) is 2.00. The normalized spacial score (nSPS) is 12.2. The number of amides is 1. The number of carbonyl (C=O) groups excluding carboxylic acids is 1. The van der Waals surface area contributed by atoms with Crippen LogP contribution in [0.15, 0.2) is 18.2 Å². The summed E-state index contributed by atoms with van der Waals surface area (Å²) < 4.78 is 12.9. The van der Waals surface area contributed by atoms with Crippen LogP contribution in [0, 0.1) is 5.82 Å². The third kappa shape index (κ3) is 6.03. The Labute approximate surface area is 118 Å². The van der Waals surface area contributed by atoms with Crippen molar-refractivity contribution >= 4 is 17.5 Å². The molecule has 106 valence electrons. The highest BCUT2D eigenvalue weighted by atomic mass is 35.5. The van der Waals surface area contributed by atoms with Crippen molar-refractivity contribution in [1.82, 2.24) is 10.6 Å². The molecule has 0 saturated carbocycles. The van der Waals surface area contributed by atoms with Gasteiger partial charge in [0.25, 0.3) is 0 Å². The van der Waals surface area contributed by atoms with Gasteiger partial charge in [0.05, 0.1) is 11.6 Å². The van der Waals surface area contributed by atoms with Gasteiger partial charge in [-0.2, -0.15) is 0 Å². The van der Waals surface area contributed by atoms with Crippen molar-refractivity contribution in [1.29, 1.82) is 0 Å². The van der Waals surface area contributed by atoms with E-state index in [2.05, 4.69) is 17.6 Å². The van der Waals surface area contributed by atoms with Crippen LogP contribution in [0.3, 0.4) is 0 Å². The second-order valence-corrected chi connectivity index (χ2v) is 5.02. The SMILES string of the molecule is CCCC(C)NC(=O)CNCc1ccc(F)c(Cl)c1. The summed E-state index contributed by atoms with van der Waals surface area (Å²) in [6, 6.07) is 4.72. The lowest BCUT2D eigenvalue weighted by Crippen LogP contribution is -2.38. The molecule has 2 N–H and O–H groups in total. The predicted octanol–water partition coefficient (Wildman–Crippen LogP) is 2.87. The fraction of sp³-hybridized carbons (Fsp3) is 0.500. The van der Waals surface area contributed by atoms with Crippen molar-refractivity contribution in [3.63, 3.8) is 0 Å². The molecule has 0 radical (unpaired) electrons. The minimum Gasteiger partial charge on any atom is -0.353 e. The van der Waals surface area contributed by atoms with E-state index in [0.717, 1.165) is 18.4 Å². The van der Waals surface area contributed by atoms with Gasteiger partial charge in [0.15, 0.2) is 0 Å². The first-order valence-corrected chi connectivity index (χ1v) is 6.84. The van der Waals surface area contributed by atoms with E-state index in [-0.39, 0.29) is 23.5 Å². The van der Waals surface area contributed by atoms with Crippen LogP contribution in [-0.2, 0) is 11.3 Å². The van der Waals surface area contributed by atoms with Crippen LogP contribution in [0.25, 0.3) is 0 Å². The highest BCUT2D eigenvalue weighted by Gasteiger charge is 2.06. The quantitative estimate of drug-likeness (QED) is 0.809. The smallest absolute Gasteiger partial charge is 0.234 e. The van der Waals surface area contributed by atoms with E-state index in [0.29, 0.717) is 6.54 Å². The lowest BCUT2D eigenvalue weighted by Gasteiger charge is -2.13. The summed E-state index contributed by atoms with van der Waals surface area (Å²) >= 11 is 5.68. The number of carbonyl (C=O) groups is 1. The lowest BCUT2D eigenvalue weighted by atomic mass is 10.2.